The molecule has 0 spiro atoms. The molecule has 6 nitrogen and oxygen atoms in total. The second-order valence-electron chi connectivity index (χ2n) is 6.69. The number of anilines is 2. The van der Waals surface area contributed by atoms with Crippen LogP contribution >= 0.6 is 0 Å². The second-order valence-corrected chi connectivity index (χ2v) is 6.69. The van der Waals surface area contributed by atoms with Gasteiger partial charge in [-0.2, -0.15) is 0 Å². The predicted octanol–water partition coefficient (Wildman–Crippen LogP) is 2.18. The number of hydrogen-bond donors (Lipinski definition) is 0. The van der Waals surface area contributed by atoms with Crippen molar-refractivity contribution in [2.45, 2.75) is 12.8 Å². The van der Waals surface area contributed by atoms with Crippen molar-refractivity contribution in [2.75, 3.05) is 49.1 Å². The summed E-state index contributed by atoms with van der Waals surface area (Å²) in [7, 11) is 0. The van der Waals surface area contributed by atoms with Crippen molar-refractivity contribution >= 4 is 17.4 Å². The van der Waals surface area contributed by atoms with Gasteiger partial charge in [0.05, 0.1) is 5.69 Å². The molecule has 0 saturated carbocycles. The van der Waals surface area contributed by atoms with Gasteiger partial charge >= 0.3 is 0 Å². The van der Waals surface area contributed by atoms with E-state index in [1.807, 2.05) is 21.9 Å². The fraction of sp³-hybridized carbons (Fsp3) is 0.421. The molecule has 2 fully saturated rings. The molecule has 3 heterocycles. The second kappa shape index (κ2) is 7.27. The van der Waals surface area contributed by atoms with E-state index in [1.54, 1.807) is 12.1 Å². The minimum absolute atomic E-state index is 0.0175. The molecule has 26 heavy (non-hydrogen) atoms. The average Bonchev–Trinajstić information content (AvgIpc) is 3.23. The Bertz CT molecular complexity index is 785. The molecular formula is C19H22FN5O. The van der Waals surface area contributed by atoms with Crippen LogP contribution in [-0.2, 0) is 0 Å². The number of benzene rings is 1. The first-order valence-electron chi connectivity index (χ1n) is 9.08. The van der Waals surface area contributed by atoms with Gasteiger partial charge in [0.2, 0.25) is 0 Å². The maximum Gasteiger partial charge on any atom is 0.272 e. The summed E-state index contributed by atoms with van der Waals surface area (Å²) in [6.07, 6.45) is 3.57. The van der Waals surface area contributed by atoms with Crippen LogP contribution in [0.5, 0.6) is 0 Å². The Morgan fingerprint density at radius 1 is 0.923 bits per heavy atom. The van der Waals surface area contributed by atoms with Gasteiger partial charge in [-0.1, -0.05) is 12.1 Å². The monoisotopic (exact) mass is 355 g/mol. The molecule has 7 heteroatoms. The molecule has 0 aliphatic carbocycles. The van der Waals surface area contributed by atoms with Crippen molar-refractivity contribution in [3.63, 3.8) is 0 Å². The standard InChI is InChI=1S/C19H22FN5O/c20-15-5-1-2-6-17(15)23-9-11-24(12-10-23)18-13-16(21-14-22-18)19(26)25-7-3-4-8-25/h1-2,5-6,13-14H,3-4,7-12H2. The molecule has 2 aliphatic heterocycles. The van der Waals surface area contributed by atoms with Gasteiger partial charge in [-0.05, 0) is 25.0 Å². The van der Waals surface area contributed by atoms with Crippen LogP contribution in [-0.4, -0.2) is 60.0 Å². The Labute approximate surface area is 152 Å². The van der Waals surface area contributed by atoms with Crippen LogP contribution in [0.4, 0.5) is 15.9 Å². The maximum absolute atomic E-state index is 14.0. The Morgan fingerprint density at radius 3 is 2.35 bits per heavy atom. The number of halogens is 1. The van der Waals surface area contributed by atoms with Crippen molar-refractivity contribution < 1.29 is 9.18 Å². The molecule has 2 aromatic rings. The average molecular weight is 355 g/mol. The van der Waals surface area contributed by atoms with Gasteiger partial charge in [0.15, 0.2) is 0 Å². The molecule has 2 aliphatic rings. The SMILES string of the molecule is O=C(c1cc(N2CCN(c3ccccc3F)CC2)ncn1)N1CCCC1. The first-order chi connectivity index (χ1) is 12.7. The van der Waals surface area contributed by atoms with Crippen LogP contribution in [0.25, 0.3) is 0 Å². The molecule has 0 radical (unpaired) electrons. The van der Waals surface area contributed by atoms with Crippen molar-refractivity contribution in [1.82, 2.24) is 14.9 Å². The van der Waals surface area contributed by atoms with E-state index in [0.717, 1.165) is 44.8 Å². The van der Waals surface area contributed by atoms with Gasteiger partial charge in [0.25, 0.3) is 5.91 Å². The number of carbonyl (C=O) groups is 1. The molecule has 136 valence electrons. The lowest BCUT2D eigenvalue weighted by Crippen LogP contribution is -2.47. The quantitative estimate of drug-likeness (QED) is 0.845. The molecule has 0 atom stereocenters. The zero-order chi connectivity index (χ0) is 17.9. The van der Waals surface area contributed by atoms with E-state index in [1.165, 1.54) is 12.4 Å². The van der Waals surface area contributed by atoms with Crippen molar-refractivity contribution in [3.8, 4) is 0 Å². The van der Waals surface area contributed by atoms with Gasteiger partial charge in [-0.15, -0.1) is 0 Å². The molecule has 4 rings (SSSR count). The maximum atomic E-state index is 14.0. The Balaban J connectivity index is 1.44. The van der Waals surface area contributed by atoms with E-state index in [4.69, 9.17) is 0 Å². The number of piperazine rings is 1. The number of hydrogen-bond acceptors (Lipinski definition) is 5. The van der Waals surface area contributed by atoms with Crippen molar-refractivity contribution in [1.29, 1.82) is 0 Å². The van der Waals surface area contributed by atoms with Crippen molar-refractivity contribution in [3.05, 3.63) is 48.2 Å². The minimum Gasteiger partial charge on any atom is -0.366 e. The highest BCUT2D eigenvalue weighted by Gasteiger charge is 2.24. The van der Waals surface area contributed by atoms with Gasteiger partial charge < -0.3 is 14.7 Å². The first-order valence-corrected chi connectivity index (χ1v) is 9.08. The highest BCUT2D eigenvalue weighted by Crippen LogP contribution is 2.22. The lowest BCUT2D eigenvalue weighted by molar-refractivity contribution is 0.0787. The molecule has 0 unspecified atom stereocenters. The van der Waals surface area contributed by atoms with Crippen LogP contribution in [0.3, 0.4) is 0 Å². The van der Waals surface area contributed by atoms with E-state index in [9.17, 15) is 9.18 Å². The summed E-state index contributed by atoms with van der Waals surface area (Å²) < 4.78 is 14.0. The summed E-state index contributed by atoms with van der Waals surface area (Å²) in [5, 5.41) is 0. The minimum atomic E-state index is -0.193. The lowest BCUT2D eigenvalue weighted by Gasteiger charge is -2.36. The number of rotatable bonds is 3. The van der Waals surface area contributed by atoms with Crippen LogP contribution in [0, 0.1) is 5.82 Å². The smallest absolute Gasteiger partial charge is 0.272 e. The summed E-state index contributed by atoms with van der Waals surface area (Å²) >= 11 is 0. The third-order valence-corrected chi connectivity index (χ3v) is 5.06. The van der Waals surface area contributed by atoms with Crippen LogP contribution < -0.4 is 9.80 Å². The highest BCUT2D eigenvalue weighted by atomic mass is 19.1. The lowest BCUT2D eigenvalue weighted by atomic mass is 10.2. The molecule has 1 aromatic carbocycles. The van der Waals surface area contributed by atoms with E-state index in [2.05, 4.69) is 14.9 Å². The number of para-hydroxylation sites is 1. The molecule has 2 saturated heterocycles. The molecular weight excluding hydrogens is 333 g/mol. The third-order valence-electron chi connectivity index (χ3n) is 5.06. The third kappa shape index (κ3) is 3.34. The van der Waals surface area contributed by atoms with Crippen LogP contribution in [0.15, 0.2) is 36.7 Å². The van der Waals surface area contributed by atoms with E-state index in [-0.39, 0.29) is 11.7 Å². The number of likely N-dealkylation sites (tertiary alicyclic amines) is 1. The van der Waals surface area contributed by atoms with Crippen molar-refractivity contribution in [2.24, 2.45) is 0 Å². The fourth-order valence-corrected chi connectivity index (χ4v) is 3.60. The highest BCUT2D eigenvalue weighted by molar-refractivity contribution is 5.93. The normalized spacial score (nSPS) is 17.7. The molecule has 1 amide bonds. The van der Waals surface area contributed by atoms with Gasteiger partial charge in [-0.3, -0.25) is 4.79 Å². The Hall–Kier alpha value is -2.70. The zero-order valence-electron chi connectivity index (χ0n) is 14.6. The summed E-state index contributed by atoms with van der Waals surface area (Å²) in [5.74, 6) is 0.549. The van der Waals surface area contributed by atoms with Gasteiger partial charge in [-0.25, -0.2) is 14.4 Å². The fourth-order valence-electron chi connectivity index (χ4n) is 3.60. The Morgan fingerprint density at radius 2 is 1.62 bits per heavy atom. The predicted molar refractivity (Wildman–Crippen MR) is 98.0 cm³/mol. The topological polar surface area (TPSA) is 52.6 Å². The van der Waals surface area contributed by atoms with E-state index in [0.29, 0.717) is 24.5 Å². The van der Waals surface area contributed by atoms with Gasteiger partial charge in [0, 0.05) is 45.3 Å². The number of nitrogens with zero attached hydrogens (tertiary/aromatic N) is 5. The van der Waals surface area contributed by atoms with Crippen LogP contribution in [0.1, 0.15) is 23.3 Å². The molecule has 1 aromatic heterocycles. The summed E-state index contributed by atoms with van der Waals surface area (Å²) in [6.45, 7) is 4.48. The van der Waals surface area contributed by atoms with E-state index < -0.39 is 0 Å². The Kier molecular flexibility index (Phi) is 4.69. The summed E-state index contributed by atoms with van der Waals surface area (Å²) in [5.41, 5.74) is 1.09. The largest absolute Gasteiger partial charge is 0.366 e. The van der Waals surface area contributed by atoms with E-state index >= 15 is 0 Å². The summed E-state index contributed by atoms with van der Waals surface area (Å²) in [4.78, 5) is 27.0. The number of amides is 1. The molecule has 0 N–H and O–H groups in total. The zero-order valence-corrected chi connectivity index (χ0v) is 14.6. The first kappa shape index (κ1) is 16.8. The van der Waals surface area contributed by atoms with Crippen LogP contribution in [0.2, 0.25) is 0 Å². The number of carbonyl (C=O) groups excluding carboxylic acids is 1. The molecule has 0 bridgehead atoms. The number of aromatic nitrogens is 2. The summed E-state index contributed by atoms with van der Waals surface area (Å²) in [6, 6.07) is 8.63. The van der Waals surface area contributed by atoms with Gasteiger partial charge in [0.1, 0.15) is 23.7 Å².